The summed E-state index contributed by atoms with van der Waals surface area (Å²) in [5.74, 6) is 1.03. The van der Waals surface area contributed by atoms with Gasteiger partial charge in [0.25, 0.3) is 5.69 Å². The maximum absolute atomic E-state index is 10.7. The van der Waals surface area contributed by atoms with E-state index in [1.54, 1.807) is 0 Å². The van der Waals surface area contributed by atoms with Crippen molar-refractivity contribution in [2.24, 2.45) is 0 Å². The number of hydrogen-bond donors (Lipinski definition) is 0. The highest BCUT2D eigenvalue weighted by Gasteiger charge is 2.14. The summed E-state index contributed by atoms with van der Waals surface area (Å²) in [6.07, 6.45) is 0. The van der Waals surface area contributed by atoms with Crippen molar-refractivity contribution < 1.29 is 9.66 Å². The number of nitrogens with zero attached hydrogens (tertiary/aromatic N) is 1. The van der Waals surface area contributed by atoms with E-state index in [4.69, 9.17) is 16.3 Å². The molecule has 0 aromatic heterocycles. The molecule has 0 radical (unpaired) electrons. The Hall–Kier alpha value is -2.07. The van der Waals surface area contributed by atoms with Crippen molar-refractivity contribution in [3.05, 3.63) is 63.2 Å². The van der Waals surface area contributed by atoms with Gasteiger partial charge < -0.3 is 4.74 Å². The quantitative estimate of drug-likeness (QED) is 0.568. The number of hydrogen-bond acceptors (Lipinski definition) is 3. The monoisotopic (exact) mass is 305 g/mol. The Morgan fingerprint density at radius 1 is 1.10 bits per heavy atom. The number of non-ortho nitro benzene ring substituents is 1. The smallest absolute Gasteiger partial charge is 0.271 e. The molecular formula is C16H16ClNO3. The van der Waals surface area contributed by atoms with Crippen LogP contribution in [-0.4, -0.2) is 4.92 Å². The van der Waals surface area contributed by atoms with E-state index in [0.717, 1.165) is 0 Å². The van der Waals surface area contributed by atoms with E-state index >= 15 is 0 Å². The topological polar surface area (TPSA) is 52.4 Å². The predicted octanol–water partition coefficient (Wildman–Crippen LogP) is 5.34. The maximum Gasteiger partial charge on any atom is 0.271 e. The molecule has 0 fully saturated rings. The Bertz CT molecular complexity index is 660. The van der Waals surface area contributed by atoms with Gasteiger partial charge in [-0.2, -0.15) is 0 Å². The van der Waals surface area contributed by atoms with Crippen molar-refractivity contribution in [3.8, 4) is 11.5 Å². The molecule has 0 unspecified atom stereocenters. The molecule has 0 aliphatic carbocycles. The summed E-state index contributed by atoms with van der Waals surface area (Å²) in [4.78, 5) is 10.2. The molecule has 0 aliphatic heterocycles. The van der Waals surface area contributed by atoms with E-state index in [1.165, 1.54) is 23.8 Å². The summed E-state index contributed by atoms with van der Waals surface area (Å²) in [6.45, 7) is 6.40. The fraction of sp³-hybridized carbons (Fsp3) is 0.250. The Morgan fingerprint density at radius 3 is 2.19 bits per heavy atom. The van der Waals surface area contributed by atoms with Gasteiger partial charge in [-0.1, -0.05) is 44.5 Å². The SMILES string of the molecule is CC(C)(C)c1ccc(Oc2ccc([N+](=O)[O-])cc2Cl)cc1. The van der Waals surface area contributed by atoms with Crippen molar-refractivity contribution >= 4 is 17.3 Å². The van der Waals surface area contributed by atoms with Crippen LogP contribution in [-0.2, 0) is 5.41 Å². The normalized spacial score (nSPS) is 11.2. The third-order valence-corrected chi connectivity index (χ3v) is 3.37. The lowest BCUT2D eigenvalue weighted by Crippen LogP contribution is -2.10. The van der Waals surface area contributed by atoms with Gasteiger partial charge in [0.1, 0.15) is 11.5 Å². The first-order valence-corrected chi connectivity index (χ1v) is 6.87. The number of halogens is 1. The van der Waals surface area contributed by atoms with Gasteiger partial charge >= 0.3 is 0 Å². The molecule has 0 amide bonds. The van der Waals surface area contributed by atoms with Gasteiger partial charge in [-0.05, 0) is 29.2 Å². The minimum atomic E-state index is -0.492. The van der Waals surface area contributed by atoms with E-state index in [2.05, 4.69) is 20.8 Å². The first kappa shape index (κ1) is 15.3. The molecule has 0 N–H and O–H groups in total. The highest BCUT2D eigenvalue weighted by molar-refractivity contribution is 6.32. The summed E-state index contributed by atoms with van der Waals surface area (Å²) >= 11 is 6.00. The summed E-state index contributed by atoms with van der Waals surface area (Å²) in [7, 11) is 0. The van der Waals surface area contributed by atoms with Gasteiger partial charge in [0.05, 0.1) is 9.95 Å². The second-order valence-corrected chi connectivity index (χ2v) is 6.16. The fourth-order valence-corrected chi connectivity index (χ4v) is 2.05. The average molecular weight is 306 g/mol. The van der Waals surface area contributed by atoms with E-state index in [0.29, 0.717) is 11.5 Å². The van der Waals surface area contributed by atoms with Gasteiger partial charge in [0.2, 0.25) is 0 Å². The molecule has 0 heterocycles. The van der Waals surface area contributed by atoms with Crippen LogP contribution in [0.4, 0.5) is 5.69 Å². The zero-order chi connectivity index (χ0) is 15.6. The molecule has 21 heavy (non-hydrogen) atoms. The molecule has 5 heteroatoms. The largest absolute Gasteiger partial charge is 0.456 e. The van der Waals surface area contributed by atoms with Crippen LogP contribution < -0.4 is 4.74 Å². The Balaban J connectivity index is 2.20. The number of nitro groups is 1. The molecule has 2 rings (SSSR count). The van der Waals surface area contributed by atoms with Crippen LogP contribution >= 0.6 is 11.6 Å². The molecule has 0 saturated heterocycles. The van der Waals surface area contributed by atoms with E-state index in [1.807, 2.05) is 24.3 Å². The highest BCUT2D eigenvalue weighted by atomic mass is 35.5. The Kier molecular flexibility index (Phi) is 4.19. The lowest BCUT2D eigenvalue weighted by molar-refractivity contribution is -0.384. The fourth-order valence-electron chi connectivity index (χ4n) is 1.84. The van der Waals surface area contributed by atoms with Gasteiger partial charge in [0, 0.05) is 12.1 Å². The molecule has 0 bridgehead atoms. The Morgan fingerprint density at radius 2 is 1.71 bits per heavy atom. The summed E-state index contributed by atoms with van der Waals surface area (Å²) in [5, 5.41) is 10.9. The van der Waals surface area contributed by atoms with Gasteiger partial charge in [0.15, 0.2) is 0 Å². The highest BCUT2D eigenvalue weighted by Crippen LogP contribution is 2.33. The third-order valence-electron chi connectivity index (χ3n) is 3.07. The predicted molar refractivity (Wildman–Crippen MR) is 83.3 cm³/mol. The third kappa shape index (κ3) is 3.73. The van der Waals surface area contributed by atoms with Gasteiger partial charge in [-0.3, -0.25) is 10.1 Å². The molecule has 0 atom stereocenters. The van der Waals surface area contributed by atoms with Gasteiger partial charge in [-0.15, -0.1) is 0 Å². The average Bonchev–Trinajstić information content (AvgIpc) is 2.40. The summed E-state index contributed by atoms with van der Waals surface area (Å²) in [6, 6.07) is 11.9. The standard InChI is InChI=1S/C16H16ClNO3/c1-16(2,3)11-4-7-13(8-5-11)21-15-9-6-12(18(19)20)10-14(15)17/h4-10H,1-3H3. The molecule has 0 saturated carbocycles. The minimum Gasteiger partial charge on any atom is -0.456 e. The van der Waals surface area contributed by atoms with Crippen LogP contribution in [0.5, 0.6) is 11.5 Å². The zero-order valence-corrected chi connectivity index (χ0v) is 12.8. The number of ether oxygens (including phenoxy) is 1. The van der Waals surface area contributed by atoms with Crippen LogP contribution in [0.15, 0.2) is 42.5 Å². The van der Waals surface area contributed by atoms with Crippen LogP contribution in [0.2, 0.25) is 5.02 Å². The van der Waals surface area contributed by atoms with Crippen LogP contribution in [0.3, 0.4) is 0 Å². The van der Waals surface area contributed by atoms with Crippen molar-refractivity contribution in [2.45, 2.75) is 26.2 Å². The second kappa shape index (κ2) is 5.74. The molecule has 2 aromatic carbocycles. The van der Waals surface area contributed by atoms with E-state index in [-0.39, 0.29) is 16.1 Å². The first-order chi connectivity index (χ1) is 9.77. The van der Waals surface area contributed by atoms with Crippen molar-refractivity contribution in [1.82, 2.24) is 0 Å². The first-order valence-electron chi connectivity index (χ1n) is 6.50. The lowest BCUT2D eigenvalue weighted by atomic mass is 9.87. The second-order valence-electron chi connectivity index (χ2n) is 5.75. The molecule has 110 valence electrons. The van der Waals surface area contributed by atoms with Crippen molar-refractivity contribution in [3.63, 3.8) is 0 Å². The van der Waals surface area contributed by atoms with Crippen molar-refractivity contribution in [2.75, 3.05) is 0 Å². The number of rotatable bonds is 3. The number of nitro benzene ring substituents is 1. The molecule has 4 nitrogen and oxygen atoms in total. The van der Waals surface area contributed by atoms with E-state index in [9.17, 15) is 10.1 Å². The summed E-state index contributed by atoms with van der Waals surface area (Å²) in [5.41, 5.74) is 1.21. The summed E-state index contributed by atoms with van der Waals surface area (Å²) < 4.78 is 5.66. The minimum absolute atomic E-state index is 0.0598. The molecule has 0 spiro atoms. The zero-order valence-electron chi connectivity index (χ0n) is 12.1. The lowest BCUT2D eigenvalue weighted by Gasteiger charge is -2.19. The van der Waals surface area contributed by atoms with Crippen LogP contribution in [0.25, 0.3) is 0 Å². The Labute approximate surface area is 128 Å². The number of benzene rings is 2. The molecular weight excluding hydrogens is 290 g/mol. The van der Waals surface area contributed by atoms with Gasteiger partial charge in [-0.25, -0.2) is 0 Å². The maximum atomic E-state index is 10.7. The van der Waals surface area contributed by atoms with E-state index < -0.39 is 4.92 Å². The molecule has 2 aromatic rings. The molecule has 0 aliphatic rings. The van der Waals surface area contributed by atoms with Crippen molar-refractivity contribution in [1.29, 1.82) is 0 Å². The van der Waals surface area contributed by atoms with Crippen LogP contribution in [0.1, 0.15) is 26.3 Å². The van der Waals surface area contributed by atoms with Crippen LogP contribution in [0, 0.1) is 10.1 Å².